The van der Waals surface area contributed by atoms with E-state index >= 15 is 0 Å². The molecule has 2 rings (SSSR count). The Labute approximate surface area is 230 Å². The molecule has 1 unspecified atom stereocenters. The van der Waals surface area contributed by atoms with Crippen molar-refractivity contribution in [3.8, 4) is 0 Å². The summed E-state index contributed by atoms with van der Waals surface area (Å²) in [4.78, 5) is 25.3. The minimum Gasteiger partial charge on any atom is -0.417 e. The van der Waals surface area contributed by atoms with Gasteiger partial charge in [-0.2, -0.15) is 8.42 Å². The normalized spacial score (nSPS) is 20.1. The second kappa shape index (κ2) is 11.3. The van der Waals surface area contributed by atoms with Crippen LogP contribution in [-0.4, -0.2) is 55.8 Å². The summed E-state index contributed by atoms with van der Waals surface area (Å²) in [6.07, 6.45) is 0.131. The van der Waals surface area contributed by atoms with Gasteiger partial charge in [0, 0.05) is 18.6 Å². The Balaban J connectivity index is 2.34. The van der Waals surface area contributed by atoms with Gasteiger partial charge in [-0.1, -0.05) is 59.7 Å². The average molecular weight is 585 g/mol. The van der Waals surface area contributed by atoms with E-state index in [0.717, 1.165) is 5.41 Å². The summed E-state index contributed by atoms with van der Waals surface area (Å²) in [6.45, 7) is 21.0. The van der Waals surface area contributed by atoms with E-state index in [1.165, 1.54) is 0 Å². The van der Waals surface area contributed by atoms with Crippen LogP contribution in [0.3, 0.4) is 0 Å². The van der Waals surface area contributed by atoms with Crippen LogP contribution in [0.15, 0.2) is 41.4 Å². The Hall–Kier alpha value is -1.84. The number of carbonyl (C=O) groups is 2. The van der Waals surface area contributed by atoms with Gasteiger partial charge in [-0.3, -0.25) is 14.3 Å². The fourth-order valence-corrected chi connectivity index (χ4v) is 6.50. The Bertz CT molecular complexity index is 1150. The topological polar surface area (TPSA) is 120 Å². The van der Waals surface area contributed by atoms with E-state index in [1.807, 2.05) is 0 Å². The molecule has 0 saturated heterocycles. The lowest BCUT2D eigenvalue weighted by molar-refractivity contribution is 0.0347. The van der Waals surface area contributed by atoms with Crippen LogP contribution in [0, 0.1) is 0 Å². The van der Waals surface area contributed by atoms with Crippen LogP contribution in [0.4, 0.5) is 4.79 Å². The van der Waals surface area contributed by atoms with Gasteiger partial charge in [-0.15, -0.1) is 0 Å². The Morgan fingerprint density at radius 2 is 1.45 bits per heavy atom. The molecule has 0 spiro atoms. The van der Waals surface area contributed by atoms with Crippen LogP contribution in [0.5, 0.6) is 0 Å². The molecule has 214 valence electrons. The van der Waals surface area contributed by atoms with Crippen LogP contribution < -0.4 is 10.6 Å². The number of nitrogens with one attached hydrogen (secondary N) is 2. The molecule has 1 aromatic rings. The molecular weight excluding hydrogens is 541 g/mol. The van der Waals surface area contributed by atoms with Gasteiger partial charge in [0.05, 0.1) is 17.7 Å². The lowest BCUT2D eigenvalue weighted by Gasteiger charge is -2.41. The summed E-state index contributed by atoms with van der Waals surface area (Å²) in [5.41, 5.74) is -1.21. The Kier molecular flexibility index (Phi) is 9.66. The zero-order chi connectivity index (χ0) is 29.2. The highest BCUT2D eigenvalue weighted by molar-refractivity contribution is 7.90. The quantitative estimate of drug-likeness (QED) is 0.290. The van der Waals surface area contributed by atoms with Crippen LogP contribution in [0.2, 0.25) is 36.3 Å². The number of hydrogen-bond acceptors (Lipinski definition) is 7. The Morgan fingerprint density at radius 3 is 1.97 bits per heavy atom. The number of carbonyl (C=O) groups excluding carboxylic acids is 2. The van der Waals surface area contributed by atoms with E-state index in [4.69, 9.17) is 13.0 Å². The highest BCUT2D eigenvalue weighted by Gasteiger charge is 2.50. The predicted molar refractivity (Wildman–Crippen MR) is 154 cm³/mol. The van der Waals surface area contributed by atoms with Gasteiger partial charge in [0.1, 0.15) is 0 Å². The Morgan fingerprint density at radius 1 is 0.921 bits per heavy atom. The van der Waals surface area contributed by atoms with Gasteiger partial charge in [-0.05, 0) is 48.4 Å². The maximum atomic E-state index is 12.8. The van der Waals surface area contributed by atoms with E-state index in [2.05, 4.69) is 78.4 Å². The van der Waals surface area contributed by atoms with Crippen LogP contribution in [0.1, 0.15) is 58.3 Å². The highest BCUT2D eigenvalue weighted by atomic mass is 32.2. The third kappa shape index (κ3) is 8.09. The largest absolute Gasteiger partial charge is 0.417 e. The van der Waals surface area contributed by atoms with E-state index in [1.54, 1.807) is 30.3 Å². The molecular formula is C26H44N2O7SSi2. The fraction of sp³-hybridized carbons (Fsp3) is 0.615. The summed E-state index contributed by atoms with van der Waals surface area (Å²) < 4.78 is 43.8. The van der Waals surface area contributed by atoms with Crippen LogP contribution in [0.25, 0.3) is 0 Å². The van der Waals surface area contributed by atoms with Crippen molar-refractivity contribution in [3.63, 3.8) is 0 Å². The van der Waals surface area contributed by atoms with Crippen LogP contribution in [-0.2, 0) is 23.2 Å². The van der Waals surface area contributed by atoms with Crippen molar-refractivity contribution in [2.75, 3.05) is 13.2 Å². The first-order valence-corrected chi connectivity index (χ1v) is 20.0. The molecule has 3 amide bonds. The van der Waals surface area contributed by atoms with Gasteiger partial charge in [0.2, 0.25) is 0 Å². The summed E-state index contributed by atoms with van der Waals surface area (Å²) in [6, 6.07) is 7.39. The van der Waals surface area contributed by atoms with Gasteiger partial charge < -0.3 is 14.2 Å². The molecule has 0 aliphatic carbocycles. The second-order valence-electron chi connectivity index (χ2n) is 12.8. The molecule has 0 fully saturated rings. The van der Waals surface area contributed by atoms with Gasteiger partial charge in [0.15, 0.2) is 22.2 Å². The summed E-state index contributed by atoms with van der Waals surface area (Å²) in [5, 5.41) is 5.51. The molecule has 1 heterocycles. The van der Waals surface area contributed by atoms with Crippen molar-refractivity contribution in [3.05, 3.63) is 47.0 Å². The van der Waals surface area contributed by atoms with E-state index < -0.39 is 44.3 Å². The van der Waals surface area contributed by atoms with Gasteiger partial charge in [0.25, 0.3) is 16.0 Å². The number of amides is 3. The number of hydrogen-bond donors (Lipinski definition) is 2. The molecule has 38 heavy (non-hydrogen) atoms. The van der Waals surface area contributed by atoms with E-state index in [9.17, 15) is 18.0 Å². The summed E-state index contributed by atoms with van der Waals surface area (Å²) in [5.74, 6) is -0.616. The molecule has 2 N–H and O–H groups in total. The first kappa shape index (κ1) is 32.4. The van der Waals surface area contributed by atoms with Crippen molar-refractivity contribution in [2.45, 2.75) is 89.8 Å². The highest BCUT2D eigenvalue weighted by Crippen LogP contribution is 2.41. The minimum atomic E-state index is -4.13. The molecule has 1 aliphatic rings. The minimum absolute atomic E-state index is 0.00778. The zero-order valence-electron chi connectivity index (χ0n) is 24.4. The molecule has 9 nitrogen and oxygen atoms in total. The molecule has 1 aliphatic heterocycles. The second-order valence-corrected chi connectivity index (χ2v) is 23.8. The molecule has 0 aromatic heterocycles. The van der Waals surface area contributed by atoms with Crippen molar-refractivity contribution >= 4 is 38.7 Å². The number of imide groups is 1. The third-order valence-corrected chi connectivity index (χ3v) is 17.9. The lowest BCUT2D eigenvalue weighted by Crippen LogP contribution is -2.52. The van der Waals surface area contributed by atoms with Crippen molar-refractivity contribution < 1.29 is 31.0 Å². The predicted octanol–water partition coefficient (Wildman–Crippen LogP) is 5.50. The first-order chi connectivity index (χ1) is 17.1. The lowest BCUT2D eigenvalue weighted by atomic mass is 9.98. The smallest absolute Gasteiger partial charge is 0.326 e. The monoisotopic (exact) mass is 584 g/mol. The van der Waals surface area contributed by atoms with E-state index in [0.29, 0.717) is 5.56 Å². The molecule has 0 radical (unpaired) electrons. The SMILES string of the molecule is CC(C)(C)[Si](C)(C)OCCC1(CO[Si](C)(C)C(C)(C)C)OS(=O)(=O)C=C1NC(=O)NC(=O)c1ccccc1. The van der Waals surface area contributed by atoms with Crippen LogP contribution >= 0.6 is 0 Å². The van der Waals surface area contributed by atoms with E-state index in [-0.39, 0.29) is 35.4 Å². The number of rotatable bonds is 9. The maximum Gasteiger partial charge on any atom is 0.326 e. The number of urea groups is 1. The summed E-state index contributed by atoms with van der Waals surface area (Å²) >= 11 is 0. The van der Waals surface area contributed by atoms with Crippen molar-refractivity contribution in [2.24, 2.45) is 0 Å². The van der Waals surface area contributed by atoms with Crippen molar-refractivity contribution in [1.82, 2.24) is 10.6 Å². The molecule has 0 saturated carbocycles. The fourth-order valence-electron chi connectivity index (χ4n) is 3.16. The summed E-state index contributed by atoms with van der Waals surface area (Å²) in [7, 11) is -8.60. The maximum absolute atomic E-state index is 12.8. The third-order valence-electron chi connectivity index (χ3n) is 7.79. The molecule has 1 atom stereocenters. The van der Waals surface area contributed by atoms with Gasteiger partial charge in [-0.25, -0.2) is 4.79 Å². The number of benzene rings is 1. The van der Waals surface area contributed by atoms with Crippen molar-refractivity contribution in [1.29, 1.82) is 0 Å². The molecule has 12 heteroatoms. The standard InChI is InChI=1S/C26H44N2O7SSi2/c1-24(2,3)37(7,8)33-17-16-26(19-34-38(9,10)25(4,5)6)21(18-36(31,32)35-26)27-23(30)28-22(29)20-14-12-11-13-15-20/h11-15,18H,16-17,19H2,1-10H3,(H2,27,28,29,30). The van der Waals surface area contributed by atoms with Gasteiger partial charge >= 0.3 is 6.03 Å². The molecule has 1 aromatic carbocycles. The average Bonchev–Trinajstić information content (AvgIpc) is 3.00. The zero-order valence-corrected chi connectivity index (χ0v) is 27.2. The first-order valence-electron chi connectivity index (χ1n) is 12.7. The molecule has 0 bridgehead atoms.